The number of carbonyl (C=O) groups excluding carboxylic acids is 1. The van der Waals surface area contributed by atoms with Gasteiger partial charge in [0.05, 0.1) is 28.1 Å². The Hall–Kier alpha value is -4.27. The van der Waals surface area contributed by atoms with Crippen molar-refractivity contribution in [2.45, 2.75) is 43.0 Å². The Kier molecular flexibility index (Phi) is 7.57. The van der Waals surface area contributed by atoms with Gasteiger partial charge in [0.2, 0.25) is 0 Å². The number of halogens is 6. The smallest absolute Gasteiger partial charge is 0.416 e. The quantitative estimate of drug-likeness (QED) is 0.310. The third kappa shape index (κ3) is 5.98. The highest BCUT2D eigenvalue weighted by molar-refractivity contribution is 7.92. The molecule has 1 N–H and O–H groups in total. The number of ether oxygens (including phenoxy) is 2. The Morgan fingerprint density at radius 2 is 1.79 bits per heavy atom. The molecule has 1 heterocycles. The van der Waals surface area contributed by atoms with Crippen LogP contribution in [-0.4, -0.2) is 44.5 Å². The largest absolute Gasteiger partial charge is 0.486 e. The molecule has 0 spiro atoms. The second-order valence-electron chi connectivity index (χ2n) is 10.2. The minimum absolute atomic E-state index is 0.00907. The van der Waals surface area contributed by atoms with E-state index < -0.39 is 68.9 Å². The SMILES string of the molecule is O=C1CC(C[C@H]2CN(S(=O)(=O)c3cccc(C(F)(F)F)c3)c3cc(-c4cc(F)cc(OC(F)F)c4)ccc3O2)(C(=O)O)C1. The summed E-state index contributed by atoms with van der Waals surface area (Å²) < 4.78 is 119. The van der Waals surface area contributed by atoms with Crippen LogP contribution in [0.5, 0.6) is 11.5 Å². The van der Waals surface area contributed by atoms with Crippen LogP contribution < -0.4 is 13.8 Å². The summed E-state index contributed by atoms with van der Waals surface area (Å²) in [5.74, 6) is -3.13. The number of sulfonamides is 1. The van der Waals surface area contributed by atoms with Crippen molar-refractivity contribution in [2.75, 3.05) is 10.8 Å². The summed E-state index contributed by atoms with van der Waals surface area (Å²) in [4.78, 5) is 23.0. The lowest BCUT2D eigenvalue weighted by Crippen LogP contribution is -2.51. The minimum atomic E-state index is -4.86. The van der Waals surface area contributed by atoms with Gasteiger partial charge < -0.3 is 14.6 Å². The standard InChI is InChI=1S/C28H21F6NO7S/c29-18-6-16(7-20(10-18)42-26(30)31)15-4-5-24-23(8-15)35(14-21(41-24)13-27(25(37)38)11-19(36)12-27)43(39,40)22-3-1-2-17(9-22)28(32,33)34/h1-10,21,26H,11-14H2,(H,37,38)/t21-/m0/s1. The number of alkyl halides is 5. The van der Waals surface area contributed by atoms with E-state index in [2.05, 4.69) is 4.74 Å². The Bertz CT molecular complexity index is 1700. The lowest BCUT2D eigenvalue weighted by molar-refractivity contribution is -0.163. The average molecular weight is 630 g/mol. The van der Waals surface area contributed by atoms with E-state index in [0.29, 0.717) is 12.1 Å². The highest BCUT2D eigenvalue weighted by atomic mass is 32.2. The number of hydrogen-bond donors (Lipinski definition) is 1. The number of rotatable bonds is 8. The summed E-state index contributed by atoms with van der Waals surface area (Å²) in [5, 5.41) is 9.77. The molecule has 1 aliphatic heterocycles. The van der Waals surface area contributed by atoms with E-state index >= 15 is 0 Å². The number of anilines is 1. The van der Waals surface area contributed by atoms with Gasteiger partial charge >= 0.3 is 18.8 Å². The fourth-order valence-corrected chi connectivity index (χ4v) is 6.75. The van der Waals surface area contributed by atoms with Gasteiger partial charge in [0.15, 0.2) is 0 Å². The maximum Gasteiger partial charge on any atom is 0.416 e. The highest BCUT2D eigenvalue weighted by Gasteiger charge is 2.52. The molecule has 3 aromatic carbocycles. The minimum Gasteiger partial charge on any atom is -0.486 e. The Morgan fingerprint density at radius 1 is 1.07 bits per heavy atom. The first-order chi connectivity index (χ1) is 20.1. The fourth-order valence-electron chi connectivity index (χ4n) is 5.21. The maximum atomic E-state index is 14.2. The van der Waals surface area contributed by atoms with Crippen molar-refractivity contribution in [3.05, 3.63) is 72.0 Å². The molecule has 43 heavy (non-hydrogen) atoms. The molecule has 0 saturated heterocycles. The lowest BCUT2D eigenvalue weighted by atomic mass is 9.64. The summed E-state index contributed by atoms with van der Waals surface area (Å²) in [7, 11) is -4.76. The topological polar surface area (TPSA) is 110 Å². The van der Waals surface area contributed by atoms with E-state index in [1.54, 1.807) is 0 Å². The van der Waals surface area contributed by atoms with E-state index in [1.807, 2.05) is 0 Å². The molecule has 1 atom stereocenters. The number of nitrogens with zero attached hydrogens (tertiary/aromatic N) is 1. The number of carboxylic acids is 1. The normalized spacial score (nSPS) is 18.1. The van der Waals surface area contributed by atoms with Crippen molar-refractivity contribution in [3.63, 3.8) is 0 Å². The number of carbonyl (C=O) groups is 2. The molecule has 0 aromatic heterocycles. The molecular weight excluding hydrogens is 608 g/mol. The molecule has 1 saturated carbocycles. The van der Waals surface area contributed by atoms with Crippen LogP contribution in [-0.2, 0) is 25.8 Å². The average Bonchev–Trinajstić information content (AvgIpc) is 2.90. The zero-order valence-corrected chi connectivity index (χ0v) is 22.6. The summed E-state index contributed by atoms with van der Waals surface area (Å²) in [5.41, 5.74) is -2.78. The van der Waals surface area contributed by atoms with Crippen molar-refractivity contribution in [1.29, 1.82) is 0 Å². The third-order valence-corrected chi connectivity index (χ3v) is 8.99. The van der Waals surface area contributed by atoms with Crippen LogP contribution in [0.25, 0.3) is 11.1 Å². The van der Waals surface area contributed by atoms with Crippen molar-refractivity contribution < 1.29 is 58.9 Å². The Morgan fingerprint density at radius 3 is 2.42 bits per heavy atom. The van der Waals surface area contributed by atoms with Gasteiger partial charge in [-0.2, -0.15) is 22.0 Å². The van der Waals surface area contributed by atoms with Crippen LogP contribution in [0.15, 0.2) is 65.6 Å². The first kappa shape index (κ1) is 30.2. The number of aliphatic carboxylic acids is 1. The van der Waals surface area contributed by atoms with Crippen molar-refractivity contribution in [1.82, 2.24) is 0 Å². The van der Waals surface area contributed by atoms with Gasteiger partial charge in [0, 0.05) is 25.3 Å². The summed E-state index contributed by atoms with van der Waals surface area (Å²) in [6, 6.07) is 9.66. The molecule has 0 amide bonds. The molecule has 1 aliphatic carbocycles. The van der Waals surface area contributed by atoms with Crippen LogP contribution in [0.1, 0.15) is 24.8 Å². The van der Waals surface area contributed by atoms with Crippen LogP contribution >= 0.6 is 0 Å². The molecule has 15 heteroatoms. The zero-order chi connectivity index (χ0) is 31.3. The molecular formula is C28H21F6NO7S. The van der Waals surface area contributed by atoms with Gasteiger partial charge in [0.1, 0.15) is 29.2 Å². The van der Waals surface area contributed by atoms with Crippen LogP contribution in [0.4, 0.5) is 32.0 Å². The molecule has 228 valence electrons. The van der Waals surface area contributed by atoms with Crippen molar-refractivity contribution in [2.24, 2.45) is 5.41 Å². The van der Waals surface area contributed by atoms with Gasteiger partial charge in [-0.15, -0.1) is 0 Å². The van der Waals surface area contributed by atoms with Crippen LogP contribution in [0.2, 0.25) is 0 Å². The number of fused-ring (bicyclic) bond motifs is 1. The van der Waals surface area contributed by atoms with E-state index in [0.717, 1.165) is 34.6 Å². The predicted octanol–water partition coefficient (Wildman–Crippen LogP) is 5.89. The van der Waals surface area contributed by atoms with Gasteiger partial charge in [-0.25, -0.2) is 12.8 Å². The lowest BCUT2D eigenvalue weighted by Gasteiger charge is -2.42. The number of hydrogen-bond acceptors (Lipinski definition) is 6. The van der Waals surface area contributed by atoms with Gasteiger partial charge in [-0.3, -0.25) is 13.9 Å². The van der Waals surface area contributed by atoms with Crippen LogP contribution in [0.3, 0.4) is 0 Å². The predicted molar refractivity (Wildman–Crippen MR) is 138 cm³/mol. The zero-order valence-electron chi connectivity index (χ0n) is 21.8. The molecule has 0 radical (unpaired) electrons. The molecule has 0 bridgehead atoms. The number of carboxylic acid groups (broad SMARTS) is 1. The van der Waals surface area contributed by atoms with E-state index in [9.17, 15) is 49.5 Å². The van der Waals surface area contributed by atoms with Crippen LogP contribution in [0, 0.1) is 11.2 Å². The summed E-state index contributed by atoms with van der Waals surface area (Å²) in [6.07, 6.45) is -6.84. The second kappa shape index (κ2) is 10.8. The van der Waals surface area contributed by atoms with Crippen molar-refractivity contribution >= 4 is 27.5 Å². The number of ketones is 1. The maximum absolute atomic E-state index is 14.2. The molecule has 0 unspecified atom stereocenters. The summed E-state index contributed by atoms with van der Waals surface area (Å²) in [6.45, 7) is -3.79. The monoisotopic (exact) mass is 629 g/mol. The summed E-state index contributed by atoms with van der Waals surface area (Å²) >= 11 is 0. The number of benzene rings is 3. The van der Waals surface area contributed by atoms with Gasteiger partial charge in [-0.05, 0) is 53.6 Å². The molecule has 1 fully saturated rings. The second-order valence-corrected chi connectivity index (χ2v) is 12.1. The van der Waals surface area contributed by atoms with Crippen molar-refractivity contribution in [3.8, 4) is 22.6 Å². The van der Waals surface area contributed by atoms with E-state index in [-0.39, 0.29) is 47.6 Å². The first-order valence-electron chi connectivity index (χ1n) is 12.6. The van der Waals surface area contributed by atoms with Gasteiger partial charge in [0.25, 0.3) is 10.0 Å². The first-order valence-corrected chi connectivity index (χ1v) is 14.0. The number of Topliss-reactive ketones (excluding diaryl/α,β-unsaturated/α-hetero) is 1. The molecule has 5 rings (SSSR count). The molecule has 3 aromatic rings. The Labute approximate surface area is 240 Å². The fraction of sp³-hybridized carbons (Fsp3) is 0.286. The van der Waals surface area contributed by atoms with E-state index in [1.165, 1.54) is 18.2 Å². The highest BCUT2D eigenvalue weighted by Crippen LogP contribution is 2.47. The molecule has 8 nitrogen and oxygen atoms in total. The van der Waals surface area contributed by atoms with E-state index in [4.69, 9.17) is 4.74 Å². The third-order valence-electron chi connectivity index (χ3n) is 7.21. The Balaban J connectivity index is 1.60. The van der Waals surface area contributed by atoms with Gasteiger partial charge in [-0.1, -0.05) is 12.1 Å². The molecule has 2 aliphatic rings.